The molecule has 1 N–H and O–H groups in total. The van der Waals surface area contributed by atoms with Crippen LogP contribution < -0.4 is 4.74 Å². The summed E-state index contributed by atoms with van der Waals surface area (Å²) < 4.78 is 7.22. The van der Waals surface area contributed by atoms with Crippen LogP contribution in [0.25, 0.3) is 0 Å². The SMILES string of the molecule is COc1ccc([C@@](C)(O)[C@@H]2CCCN2Cc2ncnn2CC(C)C)cc1. The lowest BCUT2D eigenvalue weighted by Gasteiger charge is -2.37. The summed E-state index contributed by atoms with van der Waals surface area (Å²) in [6.45, 7) is 8.81. The fourth-order valence-electron chi connectivity index (χ4n) is 3.86. The van der Waals surface area contributed by atoms with Crippen LogP contribution in [0, 0.1) is 5.92 Å². The van der Waals surface area contributed by atoms with Crippen molar-refractivity contribution in [1.29, 1.82) is 0 Å². The molecule has 0 aliphatic carbocycles. The molecule has 1 aromatic heterocycles. The number of methoxy groups -OCH3 is 1. The Morgan fingerprint density at radius 2 is 2.04 bits per heavy atom. The van der Waals surface area contributed by atoms with Gasteiger partial charge in [-0.3, -0.25) is 4.90 Å². The molecule has 0 radical (unpaired) electrons. The van der Waals surface area contributed by atoms with Crippen molar-refractivity contribution < 1.29 is 9.84 Å². The van der Waals surface area contributed by atoms with Crippen molar-refractivity contribution in [3.63, 3.8) is 0 Å². The van der Waals surface area contributed by atoms with Gasteiger partial charge in [0, 0.05) is 12.6 Å². The number of aliphatic hydroxyl groups is 1. The average molecular weight is 358 g/mol. The maximum absolute atomic E-state index is 11.3. The number of hydrogen-bond acceptors (Lipinski definition) is 5. The van der Waals surface area contributed by atoms with Gasteiger partial charge >= 0.3 is 0 Å². The molecule has 1 aromatic carbocycles. The third-order valence-electron chi connectivity index (χ3n) is 5.27. The molecule has 6 nitrogen and oxygen atoms in total. The van der Waals surface area contributed by atoms with E-state index >= 15 is 0 Å². The number of benzene rings is 1. The van der Waals surface area contributed by atoms with Crippen LogP contribution in [-0.2, 0) is 18.7 Å². The third kappa shape index (κ3) is 3.91. The van der Waals surface area contributed by atoms with E-state index in [1.165, 1.54) is 0 Å². The van der Waals surface area contributed by atoms with E-state index in [9.17, 15) is 5.11 Å². The highest BCUT2D eigenvalue weighted by molar-refractivity contribution is 5.31. The first-order valence-corrected chi connectivity index (χ1v) is 9.39. The topological polar surface area (TPSA) is 63.4 Å². The van der Waals surface area contributed by atoms with Gasteiger partial charge in [0.15, 0.2) is 0 Å². The molecule has 1 aliphatic heterocycles. The minimum absolute atomic E-state index is 0.0556. The van der Waals surface area contributed by atoms with Crippen molar-refractivity contribution >= 4 is 0 Å². The highest BCUT2D eigenvalue weighted by atomic mass is 16.5. The van der Waals surface area contributed by atoms with Gasteiger partial charge in [0.2, 0.25) is 0 Å². The molecule has 2 heterocycles. The number of rotatable bonds is 7. The molecular weight excluding hydrogens is 328 g/mol. The normalized spacial score (nSPS) is 20.5. The van der Waals surface area contributed by atoms with Gasteiger partial charge in [-0.15, -0.1) is 0 Å². The van der Waals surface area contributed by atoms with Crippen LogP contribution in [0.4, 0.5) is 0 Å². The van der Waals surface area contributed by atoms with Gasteiger partial charge in [0.1, 0.15) is 23.5 Å². The molecule has 2 aromatic rings. The zero-order valence-electron chi connectivity index (χ0n) is 16.2. The molecular formula is C20H30N4O2. The first kappa shape index (κ1) is 18.9. The van der Waals surface area contributed by atoms with E-state index in [2.05, 4.69) is 28.8 Å². The zero-order valence-corrected chi connectivity index (χ0v) is 16.2. The van der Waals surface area contributed by atoms with Crippen LogP contribution in [-0.4, -0.2) is 44.5 Å². The molecule has 3 rings (SSSR count). The molecule has 1 fully saturated rings. The van der Waals surface area contributed by atoms with Crippen molar-refractivity contribution in [2.75, 3.05) is 13.7 Å². The highest BCUT2D eigenvalue weighted by Crippen LogP contribution is 2.36. The number of ether oxygens (including phenoxy) is 1. The van der Waals surface area contributed by atoms with Crippen LogP contribution in [0.2, 0.25) is 0 Å². The van der Waals surface area contributed by atoms with E-state index in [0.29, 0.717) is 12.5 Å². The Balaban J connectivity index is 1.77. The lowest BCUT2D eigenvalue weighted by atomic mass is 9.86. The second kappa shape index (κ2) is 7.76. The van der Waals surface area contributed by atoms with Crippen LogP contribution in [0.15, 0.2) is 30.6 Å². The van der Waals surface area contributed by atoms with Crippen molar-refractivity contribution in [3.8, 4) is 5.75 Å². The lowest BCUT2D eigenvalue weighted by molar-refractivity contribution is -0.0265. The summed E-state index contributed by atoms with van der Waals surface area (Å²) in [4.78, 5) is 6.80. The first-order chi connectivity index (χ1) is 12.4. The smallest absolute Gasteiger partial charge is 0.141 e. The van der Waals surface area contributed by atoms with Crippen molar-refractivity contribution in [2.45, 2.75) is 58.3 Å². The average Bonchev–Trinajstić information content (AvgIpc) is 3.25. The Bertz CT molecular complexity index is 709. The third-order valence-corrected chi connectivity index (χ3v) is 5.27. The Morgan fingerprint density at radius 3 is 2.69 bits per heavy atom. The van der Waals surface area contributed by atoms with E-state index < -0.39 is 5.60 Å². The van der Waals surface area contributed by atoms with Crippen LogP contribution >= 0.6 is 0 Å². The standard InChI is InChI=1S/C20H30N4O2/c1-15(2)12-24-19(21-14-22-24)13-23-11-5-6-18(23)20(3,25)16-7-9-17(26-4)10-8-16/h7-10,14-15,18,25H,5-6,11-13H2,1-4H3/t18-,20+/m0/s1. The lowest BCUT2D eigenvalue weighted by Crippen LogP contribution is -2.45. The number of nitrogens with zero attached hydrogens (tertiary/aromatic N) is 4. The fourth-order valence-corrected chi connectivity index (χ4v) is 3.86. The number of hydrogen-bond donors (Lipinski definition) is 1. The summed E-state index contributed by atoms with van der Waals surface area (Å²) in [5, 5.41) is 15.7. The van der Waals surface area contributed by atoms with Crippen molar-refractivity contribution in [3.05, 3.63) is 42.0 Å². The van der Waals surface area contributed by atoms with Gasteiger partial charge in [0.25, 0.3) is 0 Å². The quantitative estimate of drug-likeness (QED) is 0.825. The van der Waals surface area contributed by atoms with Gasteiger partial charge in [-0.25, -0.2) is 9.67 Å². The molecule has 1 saturated heterocycles. The Labute approximate surface area is 155 Å². The molecule has 26 heavy (non-hydrogen) atoms. The predicted octanol–water partition coefficient (Wildman–Crippen LogP) is 2.81. The molecule has 1 aliphatic rings. The fraction of sp³-hybridized carbons (Fsp3) is 0.600. The zero-order chi connectivity index (χ0) is 18.7. The second-order valence-corrected chi connectivity index (χ2v) is 7.76. The van der Waals surface area contributed by atoms with E-state index in [-0.39, 0.29) is 6.04 Å². The molecule has 0 unspecified atom stereocenters. The maximum atomic E-state index is 11.3. The summed E-state index contributed by atoms with van der Waals surface area (Å²) in [6.07, 6.45) is 3.68. The minimum atomic E-state index is -0.925. The van der Waals surface area contributed by atoms with E-state index in [0.717, 1.165) is 43.1 Å². The number of aromatic nitrogens is 3. The van der Waals surface area contributed by atoms with E-state index in [1.807, 2.05) is 35.9 Å². The van der Waals surface area contributed by atoms with E-state index in [1.54, 1.807) is 13.4 Å². The molecule has 6 heteroatoms. The summed E-state index contributed by atoms with van der Waals surface area (Å²) in [6, 6.07) is 7.78. The van der Waals surface area contributed by atoms with Crippen LogP contribution in [0.5, 0.6) is 5.75 Å². The molecule has 0 saturated carbocycles. The summed E-state index contributed by atoms with van der Waals surface area (Å²) in [5.41, 5.74) is -0.00933. The summed E-state index contributed by atoms with van der Waals surface area (Å²) in [7, 11) is 1.65. The largest absolute Gasteiger partial charge is 0.497 e. The Kier molecular flexibility index (Phi) is 5.63. The Morgan fingerprint density at radius 1 is 1.31 bits per heavy atom. The second-order valence-electron chi connectivity index (χ2n) is 7.76. The van der Waals surface area contributed by atoms with Gasteiger partial charge < -0.3 is 9.84 Å². The monoisotopic (exact) mass is 358 g/mol. The van der Waals surface area contributed by atoms with Crippen LogP contribution in [0.1, 0.15) is 45.0 Å². The van der Waals surface area contributed by atoms with Crippen molar-refractivity contribution in [2.24, 2.45) is 5.92 Å². The summed E-state index contributed by atoms with van der Waals surface area (Å²) >= 11 is 0. The Hall–Kier alpha value is -1.92. The molecule has 0 amide bonds. The molecule has 0 spiro atoms. The molecule has 0 bridgehead atoms. The number of likely N-dealkylation sites (tertiary alicyclic amines) is 1. The van der Waals surface area contributed by atoms with Crippen LogP contribution in [0.3, 0.4) is 0 Å². The van der Waals surface area contributed by atoms with Gasteiger partial charge in [0.05, 0.1) is 13.7 Å². The predicted molar refractivity (Wildman–Crippen MR) is 101 cm³/mol. The van der Waals surface area contributed by atoms with Gasteiger partial charge in [-0.05, 0) is 49.9 Å². The first-order valence-electron chi connectivity index (χ1n) is 9.39. The van der Waals surface area contributed by atoms with Gasteiger partial charge in [-0.1, -0.05) is 26.0 Å². The van der Waals surface area contributed by atoms with Gasteiger partial charge in [-0.2, -0.15) is 5.10 Å². The summed E-state index contributed by atoms with van der Waals surface area (Å²) in [5.74, 6) is 2.29. The molecule has 2 atom stereocenters. The van der Waals surface area contributed by atoms with E-state index in [4.69, 9.17) is 4.74 Å². The van der Waals surface area contributed by atoms with Crippen molar-refractivity contribution in [1.82, 2.24) is 19.7 Å². The maximum Gasteiger partial charge on any atom is 0.141 e. The molecule has 142 valence electrons. The minimum Gasteiger partial charge on any atom is -0.497 e. The highest BCUT2D eigenvalue weighted by Gasteiger charge is 2.40.